The molecule has 0 aromatic heterocycles. The number of esters is 1. The van der Waals surface area contributed by atoms with Gasteiger partial charge in [0.1, 0.15) is 11.6 Å². The summed E-state index contributed by atoms with van der Waals surface area (Å²) in [5.41, 5.74) is 0.378. The molecular formula is C13H15FO4. The average molecular weight is 254 g/mol. The van der Waals surface area contributed by atoms with E-state index in [9.17, 15) is 9.18 Å². The first-order valence-electron chi connectivity index (χ1n) is 5.32. The largest absolute Gasteiger partial charge is 0.469 e. The van der Waals surface area contributed by atoms with Crippen LogP contribution < -0.4 is 4.74 Å². The van der Waals surface area contributed by atoms with Gasteiger partial charge < -0.3 is 14.2 Å². The maximum Gasteiger partial charge on any atom is 0.309 e. The van der Waals surface area contributed by atoms with Crippen molar-refractivity contribution < 1.29 is 23.4 Å². The predicted octanol–water partition coefficient (Wildman–Crippen LogP) is 2.38. The molecule has 1 aromatic carbocycles. The molecule has 0 aliphatic rings. The lowest BCUT2D eigenvalue weighted by Crippen LogP contribution is -1.99. The summed E-state index contributed by atoms with van der Waals surface area (Å²) in [7, 11) is 2.79. The van der Waals surface area contributed by atoms with E-state index in [1.807, 2.05) is 0 Å². The second-order valence-corrected chi connectivity index (χ2v) is 3.42. The SMILES string of the molecule is COCOc1ccc(C=CCC(=O)OC)c(F)c1. The molecule has 4 nitrogen and oxygen atoms in total. The topological polar surface area (TPSA) is 44.8 Å². The van der Waals surface area contributed by atoms with Gasteiger partial charge in [0.15, 0.2) is 6.79 Å². The number of methoxy groups -OCH3 is 2. The number of carbonyl (C=O) groups excluding carboxylic acids is 1. The van der Waals surface area contributed by atoms with Crippen molar-refractivity contribution >= 4 is 12.0 Å². The van der Waals surface area contributed by atoms with Gasteiger partial charge in [0.2, 0.25) is 0 Å². The van der Waals surface area contributed by atoms with Crippen molar-refractivity contribution in [3.8, 4) is 5.75 Å². The van der Waals surface area contributed by atoms with Crippen molar-refractivity contribution in [1.82, 2.24) is 0 Å². The van der Waals surface area contributed by atoms with Crippen LogP contribution in [0.25, 0.3) is 6.08 Å². The highest BCUT2D eigenvalue weighted by atomic mass is 19.1. The Morgan fingerprint density at radius 3 is 2.78 bits per heavy atom. The summed E-state index contributed by atoms with van der Waals surface area (Å²) >= 11 is 0. The fourth-order valence-corrected chi connectivity index (χ4v) is 1.23. The lowest BCUT2D eigenvalue weighted by Gasteiger charge is -2.05. The first-order valence-corrected chi connectivity index (χ1v) is 5.32. The Morgan fingerprint density at radius 1 is 1.39 bits per heavy atom. The lowest BCUT2D eigenvalue weighted by molar-refractivity contribution is -0.139. The average Bonchev–Trinajstić information content (AvgIpc) is 2.38. The molecule has 18 heavy (non-hydrogen) atoms. The predicted molar refractivity (Wildman–Crippen MR) is 64.6 cm³/mol. The number of hydrogen-bond donors (Lipinski definition) is 0. The van der Waals surface area contributed by atoms with Crippen molar-refractivity contribution in [1.29, 1.82) is 0 Å². The van der Waals surface area contributed by atoms with Crippen LogP contribution in [0.3, 0.4) is 0 Å². The molecule has 0 saturated carbocycles. The van der Waals surface area contributed by atoms with Crippen molar-refractivity contribution in [2.45, 2.75) is 6.42 Å². The third kappa shape index (κ3) is 4.55. The van der Waals surface area contributed by atoms with E-state index in [0.717, 1.165) is 0 Å². The molecule has 0 radical (unpaired) electrons. The molecule has 0 amide bonds. The molecule has 0 aliphatic heterocycles. The van der Waals surface area contributed by atoms with Crippen molar-refractivity contribution in [2.24, 2.45) is 0 Å². The van der Waals surface area contributed by atoms with Gasteiger partial charge in [0.25, 0.3) is 0 Å². The van der Waals surface area contributed by atoms with Crippen LogP contribution in [-0.4, -0.2) is 27.0 Å². The monoisotopic (exact) mass is 254 g/mol. The lowest BCUT2D eigenvalue weighted by atomic mass is 10.2. The van der Waals surface area contributed by atoms with Crippen LogP contribution >= 0.6 is 0 Å². The van der Waals surface area contributed by atoms with E-state index >= 15 is 0 Å². The Kier molecular flexibility index (Phi) is 5.87. The normalized spacial score (nSPS) is 10.6. The molecule has 5 heteroatoms. The Hall–Kier alpha value is -1.88. The molecule has 98 valence electrons. The molecule has 1 rings (SSSR count). The van der Waals surface area contributed by atoms with Crippen LogP contribution in [0.2, 0.25) is 0 Å². The number of benzene rings is 1. The van der Waals surface area contributed by atoms with Gasteiger partial charge in [-0.3, -0.25) is 4.79 Å². The molecule has 0 atom stereocenters. The van der Waals surface area contributed by atoms with E-state index in [4.69, 9.17) is 9.47 Å². The van der Waals surface area contributed by atoms with E-state index in [0.29, 0.717) is 11.3 Å². The summed E-state index contributed by atoms with van der Waals surface area (Å²) in [6, 6.07) is 4.45. The first-order chi connectivity index (χ1) is 8.67. The highest BCUT2D eigenvalue weighted by molar-refractivity contribution is 5.72. The smallest absolute Gasteiger partial charge is 0.309 e. The molecule has 0 bridgehead atoms. The zero-order chi connectivity index (χ0) is 13.4. The number of halogens is 1. The van der Waals surface area contributed by atoms with E-state index in [1.165, 1.54) is 26.4 Å². The molecule has 0 heterocycles. The molecule has 0 fully saturated rings. The Morgan fingerprint density at radius 2 is 2.17 bits per heavy atom. The molecule has 1 aromatic rings. The fraction of sp³-hybridized carbons (Fsp3) is 0.308. The summed E-state index contributed by atoms with van der Waals surface area (Å²) < 4.78 is 27.9. The van der Waals surface area contributed by atoms with Crippen LogP contribution in [0.5, 0.6) is 5.75 Å². The van der Waals surface area contributed by atoms with E-state index in [1.54, 1.807) is 18.2 Å². The minimum absolute atomic E-state index is 0.0664. The second-order valence-electron chi connectivity index (χ2n) is 3.42. The summed E-state index contributed by atoms with van der Waals surface area (Å²) in [6.07, 6.45) is 3.17. The molecule has 0 saturated heterocycles. The van der Waals surface area contributed by atoms with E-state index in [2.05, 4.69) is 4.74 Å². The van der Waals surface area contributed by atoms with Crippen LogP contribution in [-0.2, 0) is 14.3 Å². The number of ether oxygens (including phenoxy) is 3. The Balaban J connectivity index is 2.64. The van der Waals surface area contributed by atoms with Gasteiger partial charge in [-0.1, -0.05) is 12.2 Å². The highest BCUT2D eigenvalue weighted by Crippen LogP contribution is 2.18. The zero-order valence-electron chi connectivity index (χ0n) is 10.3. The quantitative estimate of drug-likeness (QED) is 0.577. The van der Waals surface area contributed by atoms with Gasteiger partial charge in [-0.2, -0.15) is 0 Å². The molecule has 0 N–H and O–H groups in total. The van der Waals surface area contributed by atoms with E-state index < -0.39 is 5.82 Å². The second kappa shape index (κ2) is 7.45. The fourth-order valence-electron chi connectivity index (χ4n) is 1.23. The Bertz CT molecular complexity index is 429. The van der Waals surface area contributed by atoms with E-state index in [-0.39, 0.29) is 19.2 Å². The van der Waals surface area contributed by atoms with Crippen LogP contribution in [0.4, 0.5) is 4.39 Å². The number of carbonyl (C=O) groups is 1. The standard InChI is InChI=1S/C13H15FO4/c1-16-9-18-11-7-6-10(12(14)8-11)4-3-5-13(15)17-2/h3-4,6-8H,5,9H2,1-2H3. The van der Waals surface area contributed by atoms with Crippen molar-refractivity contribution in [3.63, 3.8) is 0 Å². The first kappa shape index (κ1) is 14.2. The van der Waals surface area contributed by atoms with Gasteiger partial charge >= 0.3 is 5.97 Å². The minimum Gasteiger partial charge on any atom is -0.469 e. The summed E-state index contributed by atoms with van der Waals surface area (Å²) in [5.74, 6) is -0.407. The highest BCUT2D eigenvalue weighted by Gasteiger charge is 2.02. The third-order valence-electron chi connectivity index (χ3n) is 2.12. The third-order valence-corrected chi connectivity index (χ3v) is 2.12. The summed E-state index contributed by atoms with van der Waals surface area (Å²) in [4.78, 5) is 10.9. The van der Waals surface area contributed by atoms with Crippen LogP contribution in [0, 0.1) is 5.82 Å². The van der Waals surface area contributed by atoms with Crippen molar-refractivity contribution in [3.05, 3.63) is 35.7 Å². The van der Waals surface area contributed by atoms with Crippen molar-refractivity contribution in [2.75, 3.05) is 21.0 Å². The summed E-state index contributed by atoms with van der Waals surface area (Å²) in [5, 5.41) is 0. The van der Waals surface area contributed by atoms with Gasteiger partial charge in [-0.05, 0) is 12.1 Å². The molecule has 0 aliphatic carbocycles. The molecule has 0 unspecified atom stereocenters. The zero-order valence-corrected chi connectivity index (χ0v) is 10.3. The van der Waals surface area contributed by atoms with Gasteiger partial charge in [0, 0.05) is 18.7 Å². The van der Waals surface area contributed by atoms with Crippen LogP contribution in [0.15, 0.2) is 24.3 Å². The maximum atomic E-state index is 13.6. The van der Waals surface area contributed by atoms with Crippen LogP contribution in [0.1, 0.15) is 12.0 Å². The van der Waals surface area contributed by atoms with Gasteiger partial charge in [-0.25, -0.2) is 4.39 Å². The van der Waals surface area contributed by atoms with Gasteiger partial charge in [0.05, 0.1) is 13.5 Å². The molecule has 0 spiro atoms. The van der Waals surface area contributed by atoms with Gasteiger partial charge in [-0.15, -0.1) is 0 Å². The number of rotatable bonds is 6. The number of hydrogen-bond acceptors (Lipinski definition) is 4. The summed E-state index contributed by atoms with van der Waals surface area (Å²) in [6.45, 7) is 0.0664. The Labute approximate surface area is 105 Å². The molecular weight excluding hydrogens is 239 g/mol. The maximum absolute atomic E-state index is 13.6. The minimum atomic E-state index is -0.426.